The van der Waals surface area contributed by atoms with Gasteiger partial charge in [-0.05, 0) is 19.1 Å². The lowest BCUT2D eigenvalue weighted by Crippen LogP contribution is -2.36. The first-order valence-electron chi connectivity index (χ1n) is 5.18. The molecule has 82 valence electrons. The Morgan fingerprint density at radius 2 is 2.31 bits per heavy atom. The van der Waals surface area contributed by atoms with E-state index in [1.165, 1.54) is 0 Å². The highest BCUT2D eigenvalue weighted by Crippen LogP contribution is 2.30. The van der Waals surface area contributed by atoms with Gasteiger partial charge in [-0.25, -0.2) is 4.98 Å². The number of carbonyl (C=O) groups excluding carboxylic acids is 1. The van der Waals surface area contributed by atoms with Crippen LogP contribution in [-0.2, 0) is 4.79 Å². The number of benzene rings is 1. The second kappa shape index (κ2) is 3.45. The van der Waals surface area contributed by atoms with Crippen LogP contribution < -0.4 is 10.4 Å². The highest BCUT2D eigenvalue weighted by atomic mass is 32.1. The molecule has 1 unspecified atom stereocenters. The SMILES string of the molecule is CC1CC(=O)NN1c1nc2ccccc2s1. The summed E-state index contributed by atoms with van der Waals surface area (Å²) < 4.78 is 1.14. The first-order chi connectivity index (χ1) is 7.74. The molecule has 0 spiro atoms. The fraction of sp³-hybridized carbons (Fsp3) is 0.273. The van der Waals surface area contributed by atoms with Crippen molar-refractivity contribution in [3.8, 4) is 0 Å². The van der Waals surface area contributed by atoms with Crippen molar-refractivity contribution >= 4 is 32.6 Å². The minimum Gasteiger partial charge on any atom is -0.273 e. The Morgan fingerprint density at radius 3 is 3.00 bits per heavy atom. The Kier molecular flexibility index (Phi) is 2.07. The molecule has 4 nitrogen and oxygen atoms in total. The number of anilines is 1. The monoisotopic (exact) mass is 233 g/mol. The molecule has 1 aromatic carbocycles. The lowest BCUT2D eigenvalue weighted by Gasteiger charge is -2.18. The number of aromatic nitrogens is 1. The molecule has 1 amide bonds. The van der Waals surface area contributed by atoms with E-state index in [0.29, 0.717) is 6.42 Å². The molecule has 16 heavy (non-hydrogen) atoms. The van der Waals surface area contributed by atoms with Crippen LogP contribution in [0.5, 0.6) is 0 Å². The summed E-state index contributed by atoms with van der Waals surface area (Å²) in [5.74, 6) is 0.0618. The van der Waals surface area contributed by atoms with Gasteiger partial charge in [0.2, 0.25) is 11.0 Å². The number of hydrogen-bond donors (Lipinski definition) is 1. The van der Waals surface area contributed by atoms with Crippen LogP contribution in [-0.4, -0.2) is 16.9 Å². The molecular weight excluding hydrogens is 222 g/mol. The van der Waals surface area contributed by atoms with Gasteiger partial charge in [0.1, 0.15) is 0 Å². The van der Waals surface area contributed by atoms with E-state index in [0.717, 1.165) is 15.3 Å². The Hall–Kier alpha value is -1.62. The van der Waals surface area contributed by atoms with Gasteiger partial charge in [-0.15, -0.1) is 0 Å². The topological polar surface area (TPSA) is 45.2 Å². The number of nitrogens with one attached hydrogen (secondary N) is 1. The molecule has 1 N–H and O–H groups in total. The molecule has 0 aliphatic carbocycles. The minimum atomic E-state index is 0.0618. The summed E-state index contributed by atoms with van der Waals surface area (Å²) in [6.07, 6.45) is 0.538. The average Bonchev–Trinajstić information content (AvgIpc) is 2.81. The molecule has 1 fully saturated rings. The van der Waals surface area contributed by atoms with Gasteiger partial charge in [-0.3, -0.25) is 15.2 Å². The van der Waals surface area contributed by atoms with Gasteiger partial charge >= 0.3 is 0 Å². The molecule has 1 aromatic heterocycles. The molecule has 1 atom stereocenters. The van der Waals surface area contributed by atoms with Crippen LogP contribution in [0.25, 0.3) is 10.2 Å². The zero-order valence-electron chi connectivity index (χ0n) is 8.80. The molecule has 2 aromatic rings. The van der Waals surface area contributed by atoms with Crippen molar-refractivity contribution in [1.29, 1.82) is 0 Å². The van der Waals surface area contributed by atoms with Crippen molar-refractivity contribution in [2.45, 2.75) is 19.4 Å². The summed E-state index contributed by atoms with van der Waals surface area (Å²) in [5.41, 5.74) is 3.81. The molecule has 5 heteroatoms. The fourth-order valence-electron chi connectivity index (χ4n) is 1.85. The number of amides is 1. The summed E-state index contributed by atoms with van der Waals surface area (Å²) in [6, 6.07) is 8.17. The summed E-state index contributed by atoms with van der Waals surface area (Å²) in [7, 11) is 0. The van der Waals surface area contributed by atoms with Gasteiger partial charge in [-0.1, -0.05) is 23.5 Å². The Labute approximate surface area is 96.9 Å². The average molecular weight is 233 g/mol. The van der Waals surface area contributed by atoms with Gasteiger partial charge in [0.05, 0.1) is 22.7 Å². The van der Waals surface area contributed by atoms with Crippen molar-refractivity contribution in [3.05, 3.63) is 24.3 Å². The fourth-order valence-corrected chi connectivity index (χ4v) is 2.88. The lowest BCUT2D eigenvalue weighted by molar-refractivity contribution is -0.119. The van der Waals surface area contributed by atoms with Crippen LogP contribution in [0, 0.1) is 0 Å². The zero-order valence-corrected chi connectivity index (χ0v) is 9.62. The maximum Gasteiger partial charge on any atom is 0.240 e. The predicted octanol–water partition coefficient (Wildman–Crippen LogP) is 1.93. The number of nitrogens with zero attached hydrogens (tertiary/aromatic N) is 2. The van der Waals surface area contributed by atoms with E-state index in [9.17, 15) is 4.79 Å². The third-order valence-electron chi connectivity index (χ3n) is 2.66. The van der Waals surface area contributed by atoms with Crippen LogP contribution in [0.2, 0.25) is 0 Å². The Morgan fingerprint density at radius 1 is 1.50 bits per heavy atom. The van der Waals surface area contributed by atoms with Crippen molar-refractivity contribution in [3.63, 3.8) is 0 Å². The Bertz CT molecular complexity index is 518. The predicted molar refractivity (Wildman–Crippen MR) is 64.3 cm³/mol. The standard InChI is InChI=1S/C11H11N3OS/c1-7-6-10(15)13-14(7)11-12-8-4-2-3-5-9(8)16-11/h2-5,7H,6H2,1H3,(H,13,15). The maximum atomic E-state index is 11.3. The molecule has 1 saturated heterocycles. The quantitative estimate of drug-likeness (QED) is 0.818. The van der Waals surface area contributed by atoms with Crippen LogP contribution in [0.3, 0.4) is 0 Å². The van der Waals surface area contributed by atoms with Crippen molar-refractivity contribution in [1.82, 2.24) is 10.4 Å². The molecule has 0 bridgehead atoms. The van der Waals surface area contributed by atoms with Crippen LogP contribution in [0.4, 0.5) is 5.13 Å². The summed E-state index contributed by atoms with van der Waals surface area (Å²) in [4.78, 5) is 15.8. The number of hydrogen-bond acceptors (Lipinski definition) is 4. The van der Waals surface area contributed by atoms with Crippen LogP contribution in [0.15, 0.2) is 24.3 Å². The van der Waals surface area contributed by atoms with Crippen LogP contribution in [0.1, 0.15) is 13.3 Å². The van der Waals surface area contributed by atoms with E-state index in [1.807, 2.05) is 36.2 Å². The first kappa shape index (κ1) is 9.59. The summed E-state index contributed by atoms with van der Waals surface area (Å²) in [6.45, 7) is 2.02. The van der Waals surface area contributed by atoms with E-state index < -0.39 is 0 Å². The van der Waals surface area contributed by atoms with E-state index in [1.54, 1.807) is 11.3 Å². The molecular formula is C11H11N3OS. The largest absolute Gasteiger partial charge is 0.273 e. The molecule has 0 radical (unpaired) electrons. The highest BCUT2D eigenvalue weighted by molar-refractivity contribution is 7.22. The summed E-state index contributed by atoms with van der Waals surface area (Å²) in [5, 5.41) is 2.71. The number of carbonyl (C=O) groups is 1. The third kappa shape index (κ3) is 1.44. The van der Waals surface area contributed by atoms with E-state index in [-0.39, 0.29) is 11.9 Å². The highest BCUT2D eigenvalue weighted by Gasteiger charge is 2.28. The molecule has 2 heterocycles. The third-order valence-corrected chi connectivity index (χ3v) is 3.69. The normalized spacial score (nSPS) is 20.4. The van der Waals surface area contributed by atoms with Gasteiger partial charge in [0, 0.05) is 0 Å². The molecule has 1 aliphatic heterocycles. The van der Waals surface area contributed by atoms with E-state index in [2.05, 4.69) is 10.4 Å². The van der Waals surface area contributed by atoms with Gasteiger partial charge in [-0.2, -0.15) is 0 Å². The molecule has 1 aliphatic rings. The second-order valence-electron chi connectivity index (χ2n) is 3.92. The number of para-hydroxylation sites is 1. The van der Waals surface area contributed by atoms with Gasteiger partial charge < -0.3 is 0 Å². The molecule has 3 rings (SSSR count). The first-order valence-corrected chi connectivity index (χ1v) is 6.00. The van der Waals surface area contributed by atoms with Crippen molar-refractivity contribution in [2.75, 3.05) is 5.01 Å². The molecule has 0 saturated carbocycles. The number of thiazole rings is 1. The van der Waals surface area contributed by atoms with E-state index in [4.69, 9.17) is 0 Å². The van der Waals surface area contributed by atoms with Gasteiger partial charge in [0.15, 0.2) is 0 Å². The van der Waals surface area contributed by atoms with Crippen molar-refractivity contribution in [2.24, 2.45) is 0 Å². The van der Waals surface area contributed by atoms with Gasteiger partial charge in [0.25, 0.3) is 0 Å². The Balaban J connectivity index is 2.03. The smallest absolute Gasteiger partial charge is 0.240 e. The number of fused-ring (bicyclic) bond motifs is 1. The number of rotatable bonds is 1. The second-order valence-corrected chi connectivity index (χ2v) is 4.93. The number of hydrazine groups is 1. The van der Waals surface area contributed by atoms with Crippen molar-refractivity contribution < 1.29 is 4.79 Å². The zero-order chi connectivity index (χ0) is 11.1. The maximum absolute atomic E-state index is 11.3. The summed E-state index contributed by atoms with van der Waals surface area (Å²) >= 11 is 1.60. The van der Waals surface area contributed by atoms with E-state index >= 15 is 0 Å². The van der Waals surface area contributed by atoms with Crippen LogP contribution >= 0.6 is 11.3 Å². The lowest BCUT2D eigenvalue weighted by atomic mass is 10.2. The minimum absolute atomic E-state index is 0.0618.